The number of hydrogen-bond donors (Lipinski definition) is 0. The summed E-state index contributed by atoms with van der Waals surface area (Å²) in [6, 6.07) is 4.41. The fourth-order valence-corrected chi connectivity index (χ4v) is 2.46. The van der Waals surface area contributed by atoms with Crippen molar-refractivity contribution in [3.05, 3.63) is 42.5 Å². The van der Waals surface area contributed by atoms with Gasteiger partial charge in [-0.05, 0) is 24.6 Å². The third-order valence-electron chi connectivity index (χ3n) is 3.64. The van der Waals surface area contributed by atoms with Crippen molar-refractivity contribution < 1.29 is 17.9 Å². The van der Waals surface area contributed by atoms with Crippen LogP contribution >= 0.6 is 0 Å². The van der Waals surface area contributed by atoms with Gasteiger partial charge in [0.05, 0.1) is 6.61 Å². The van der Waals surface area contributed by atoms with Gasteiger partial charge >= 0.3 is 6.18 Å². The first-order chi connectivity index (χ1) is 11.0. The lowest BCUT2D eigenvalue weighted by atomic mass is 10.1. The smallest absolute Gasteiger partial charge is 0.433 e. The maximum atomic E-state index is 12.7. The summed E-state index contributed by atoms with van der Waals surface area (Å²) in [7, 11) is 0. The van der Waals surface area contributed by atoms with Crippen molar-refractivity contribution in [3.8, 4) is 5.75 Å². The van der Waals surface area contributed by atoms with Crippen molar-refractivity contribution in [1.29, 1.82) is 0 Å². The zero-order valence-corrected chi connectivity index (χ0v) is 12.2. The van der Waals surface area contributed by atoms with Gasteiger partial charge in [0, 0.05) is 37.6 Å². The molecule has 2 aromatic heterocycles. The molecular formula is C15H15F3N4O. The van der Waals surface area contributed by atoms with Gasteiger partial charge in [0.15, 0.2) is 0 Å². The monoisotopic (exact) mass is 324 g/mol. The van der Waals surface area contributed by atoms with Crippen LogP contribution in [0.15, 0.2) is 36.8 Å². The van der Waals surface area contributed by atoms with Crippen LogP contribution < -0.4 is 9.64 Å². The normalized spacial score (nSPS) is 18.2. The lowest BCUT2D eigenvalue weighted by Crippen LogP contribution is -2.24. The van der Waals surface area contributed by atoms with Crippen LogP contribution in [0.25, 0.3) is 0 Å². The predicted octanol–water partition coefficient (Wildman–Crippen LogP) is 2.80. The van der Waals surface area contributed by atoms with E-state index in [0.717, 1.165) is 24.4 Å². The standard InChI is InChI=1S/C15H15F3N4O/c16-15(17,18)13-3-7-20-14(21-13)22-8-4-11(9-22)10-23-12-1-5-19-6-2-12/h1-3,5-7,11H,4,8-10H2. The first-order valence-corrected chi connectivity index (χ1v) is 7.20. The lowest BCUT2D eigenvalue weighted by molar-refractivity contribution is -0.141. The molecule has 8 heteroatoms. The quantitative estimate of drug-likeness (QED) is 0.865. The zero-order chi connectivity index (χ0) is 16.3. The van der Waals surface area contributed by atoms with E-state index >= 15 is 0 Å². The summed E-state index contributed by atoms with van der Waals surface area (Å²) < 4.78 is 43.8. The molecule has 0 radical (unpaired) electrons. The number of aromatic nitrogens is 3. The van der Waals surface area contributed by atoms with E-state index in [1.54, 1.807) is 29.4 Å². The maximum Gasteiger partial charge on any atom is 0.433 e. The van der Waals surface area contributed by atoms with Crippen molar-refractivity contribution in [1.82, 2.24) is 15.0 Å². The van der Waals surface area contributed by atoms with Gasteiger partial charge in [0.2, 0.25) is 5.95 Å². The van der Waals surface area contributed by atoms with Crippen LogP contribution in [-0.2, 0) is 6.18 Å². The first kappa shape index (κ1) is 15.5. The first-order valence-electron chi connectivity index (χ1n) is 7.20. The maximum absolute atomic E-state index is 12.7. The molecule has 0 amide bonds. The zero-order valence-electron chi connectivity index (χ0n) is 12.2. The molecular weight excluding hydrogens is 309 g/mol. The van der Waals surface area contributed by atoms with Crippen molar-refractivity contribution in [3.63, 3.8) is 0 Å². The van der Waals surface area contributed by atoms with E-state index in [1.165, 1.54) is 0 Å². The minimum Gasteiger partial charge on any atom is -0.493 e. The minimum atomic E-state index is -4.46. The average Bonchev–Trinajstić information content (AvgIpc) is 3.02. The number of anilines is 1. The van der Waals surface area contributed by atoms with Gasteiger partial charge in [-0.25, -0.2) is 9.97 Å². The molecule has 1 fully saturated rings. The summed E-state index contributed by atoms with van der Waals surface area (Å²) in [6.45, 7) is 1.69. The Bertz CT molecular complexity index is 651. The Morgan fingerprint density at radius 1 is 1.17 bits per heavy atom. The number of nitrogens with zero attached hydrogens (tertiary/aromatic N) is 4. The molecule has 122 valence electrons. The summed E-state index contributed by atoms with van der Waals surface area (Å²) in [5.41, 5.74) is -0.918. The fraction of sp³-hybridized carbons (Fsp3) is 0.400. The minimum absolute atomic E-state index is 0.117. The molecule has 0 aliphatic carbocycles. The van der Waals surface area contributed by atoms with Gasteiger partial charge in [-0.2, -0.15) is 13.2 Å². The molecule has 1 aliphatic rings. The molecule has 0 N–H and O–H groups in total. The van der Waals surface area contributed by atoms with E-state index in [2.05, 4.69) is 15.0 Å². The van der Waals surface area contributed by atoms with Crippen LogP contribution in [0.3, 0.4) is 0 Å². The molecule has 1 aliphatic heterocycles. The summed E-state index contributed by atoms with van der Waals surface area (Å²) in [4.78, 5) is 13.2. The summed E-state index contributed by atoms with van der Waals surface area (Å²) in [5, 5.41) is 0. The Hall–Kier alpha value is -2.38. The second-order valence-electron chi connectivity index (χ2n) is 5.33. The molecule has 3 heterocycles. The van der Waals surface area contributed by atoms with E-state index in [9.17, 15) is 13.2 Å². The van der Waals surface area contributed by atoms with Crippen LogP contribution in [0, 0.1) is 5.92 Å². The predicted molar refractivity (Wildman–Crippen MR) is 77.1 cm³/mol. The van der Waals surface area contributed by atoms with E-state index in [1.807, 2.05) is 0 Å². The summed E-state index contributed by atoms with van der Waals surface area (Å²) >= 11 is 0. The van der Waals surface area contributed by atoms with Gasteiger partial charge in [0.25, 0.3) is 0 Å². The second kappa shape index (κ2) is 6.39. The second-order valence-corrected chi connectivity index (χ2v) is 5.33. The molecule has 3 rings (SSSR count). The average molecular weight is 324 g/mol. The van der Waals surface area contributed by atoms with Gasteiger partial charge in [0.1, 0.15) is 11.4 Å². The molecule has 1 saturated heterocycles. The van der Waals surface area contributed by atoms with Crippen LogP contribution in [0.4, 0.5) is 19.1 Å². The SMILES string of the molecule is FC(F)(F)c1ccnc(N2CCC(COc3ccncc3)C2)n1. The van der Waals surface area contributed by atoms with Crippen LogP contribution in [0.2, 0.25) is 0 Å². The molecule has 0 spiro atoms. The highest BCUT2D eigenvalue weighted by Crippen LogP contribution is 2.29. The summed E-state index contributed by atoms with van der Waals surface area (Å²) in [5.74, 6) is 1.07. The number of alkyl halides is 3. The molecule has 0 bridgehead atoms. The highest BCUT2D eigenvalue weighted by Gasteiger charge is 2.34. The number of ether oxygens (including phenoxy) is 1. The Labute approximate surface area is 131 Å². The number of rotatable bonds is 4. The number of pyridine rings is 1. The molecule has 1 unspecified atom stereocenters. The van der Waals surface area contributed by atoms with Crippen molar-refractivity contribution in [2.75, 3.05) is 24.6 Å². The number of halogens is 3. The summed E-state index contributed by atoms with van der Waals surface area (Å²) in [6.07, 6.45) is 0.803. The van der Waals surface area contributed by atoms with Gasteiger partial charge < -0.3 is 9.64 Å². The van der Waals surface area contributed by atoms with E-state index in [4.69, 9.17) is 4.74 Å². The van der Waals surface area contributed by atoms with Crippen molar-refractivity contribution in [2.24, 2.45) is 5.92 Å². The Kier molecular flexibility index (Phi) is 4.31. The molecule has 0 saturated carbocycles. The lowest BCUT2D eigenvalue weighted by Gasteiger charge is -2.17. The molecule has 1 atom stereocenters. The molecule has 23 heavy (non-hydrogen) atoms. The van der Waals surface area contributed by atoms with Crippen LogP contribution in [-0.4, -0.2) is 34.6 Å². The van der Waals surface area contributed by atoms with Gasteiger partial charge in [-0.15, -0.1) is 0 Å². The highest BCUT2D eigenvalue weighted by molar-refractivity contribution is 5.32. The third-order valence-corrected chi connectivity index (χ3v) is 3.64. The molecule has 2 aromatic rings. The van der Waals surface area contributed by atoms with Crippen molar-refractivity contribution in [2.45, 2.75) is 12.6 Å². The van der Waals surface area contributed by atoms with E-state index in [0.29, 0.717) is 19.7 Å². The van der Waals surface area contributed by atoms with Gasteiger partial charge in [-0.1, -0.05) is 0 Å². The third kappa shape index (κ3) is 3.88. The fourth-order valence-electron chi connectivity index (χ4n) is 2.46. The number of hydrogen-bond acceptors (Lipinski definition) is 5. The van der Waals surface area contributed by atoms with Gasteiger partial charge in [-0.3, -0.25) is 4.98 Å². The molecule has 5 nitrogen and oxygen atoms in total. The Balaban J connectivity index is 1.59. The Morgan fingerprint density at radius 2 is 1.96 bits per heavy atom. The van der Waals surface area contributed by atoms with E-state index in [-0.39, 0.29) is 11.9 Å². The van der Waals surface area contributed by atoms with Crippen LogP contribution in [0.1, 0.15) is 12.1 Å². The van der Waals surface area contributed by atoms with Crippen molar-refractivity contribution >= 4 is 5.95 Å². The van der Waals surface area contributed by atoms with Crippen LogP contribution in [0.5, 0.6) is 5.75 Å². The highest BCUT2D eigenvalue weighted by atomic mass is 19.4. The van der Waals surface area contributed by atoms with E-state index < -0.39 is 11.9 Å². The largest absolute Gasteiger partial charge is 0.493 e. The molecule has 0 aromatic carbocycles. The Morgan fingerprint density at radius 3 is 2.70 bits per heavy atom. The topological polar surface area (TPSA) is 51.1 Å².